The van der Waals surface area contributed by atoms with Crippen molar-refractivity contribution in [3.05, 3.63) is 29.3 Å². The SMILES string of the molecule is CCCN(CC(=O)Nc1ccc(Cl)cc1)C(=O)CNC. The first kappa shape index (κ1) is 16.5. The van der Waals surface area contributed by atoms with Crippen LogP contribution in [0.1, 0.15) is 13.3 Å². The largest absolute Gasteiger partial charge is 0.332 e. The van der Waals surface area contributed by atoms with Crippen molar-refractivity contribution in [2.75, 3.05) is 32.0 Å². The van der Waals surface area contributed by atoms with E-state index in [1.807, 2.05) is 6.92 Å². The molecule has 0 unspecified atom stereocenters. The quantitative estimate of drug-likeness (QED) is 0.806. The summed E-state index contributed by atoms with van der Waals surface area (Å²) >= 11 is 5.78. The van der Waals surface area contributed by atoms with Gasteiger partial charge in [0.2, 0.25) is 11.8 Å². The lowest BCUT2D eigenvalue weighted by Crippen LogP contribution is -2.42. The highest BCUT2D eigenvalue weighted by Crippen LogP contribution is 2.13. The Labute approximate surface area is 124 Å². The molecule has 0 aromatic heterocycles. The Kier molecular flexibility index (Phi) is 7.04. The van der Waals surface area contributed by atoms with Crippen LogP contribution in [0.5, 0.6) is 0 Å². The highest BCUT2D eigenvalue weighted by Gasteiger charge is 2.15. The van der Waals surface area contributed by atoms with Crippen LogP contribution < -0.4 is 10.6 Å². The monoisotopic (exact) mass is 297 g/mol. The third-order valence-electron chi connectivity index (χ3n) is 2.64. The van der Waals surface area contributed by atoms with Gasteiger partial charge < -0.3 is 15.5 Å². The highest BCUT2D eigenvalue weighted by molar-refractivity contribution is 6.30. The number of nitrogens with one attached hydrogen (secondary N) is 2. The molecule has 0 aliphatic rings. The highest BCUT2D eigenvalue weighted by atomic mass is 35.5. The molecule has 0 atom stereocenters. The fraction of sp³-hybridized carbons (Fsp3) is 0.429. The van der Waals surface area contributed by atoms with Crippen molar-refractivity contribution in [3.8, 4) is 0 Å². The van der Waals surface area contributed by atoms with Crippen LogP contribution in [-0.4, -0.2) is 43.4 Å². The van der Waals surface area contributed by atoms with Gasteiger partial charge in [-0.05, 0) is 37.7 Å². The van der Waals surface area contributed by atoms with Crippen LogP contribution in [0.3, 0.4) is 0 Å². The van der Waals surface area contributed by atoms with Gasteiger partial charge >= 0.3 is 0 Å². The second-order valence-electron chi connectivity index (χ2n) is 4.40. The molecule has 0 bridgehead atoms. The van der Waals surface area contributed by atoms with Crippen LogP contribution in [0.4, 0.5) is 5.69 Å². The molecule has 2 N–H and O–H groups in total. The number of amides is 2. The Morgan fingerprint density at radius 2 is 1.90 bits per heavy atom. The summed E-state index contributed by atoms with van der Waals surface area (Å²) in [5, 5.41) is 6.15. The summed E-state index contributed by atoms with van der Waals surface area (Å²) in [6.45, 7) is 2.82. The molecular weight excluding hydrogens is 278 g/mol. The second-order valence-corrected chi connectivity index (χ2v) is 4.84. The normalized spacial score (nSPS) is 10.2. The molecule has 2 amide bonds. The van der Waals surface area contributed by atoms with Crippen molar-refractivity contribution < 1.29 is 9.59 Å². The van der Waals surface area contributed by atoms with Gasteiger partial charge in [0.15, 0.2) is 0 Å². The van der Waals surface area contributed by atoms with E-state index in [1.165, 1.54) is 0 Å². The van der Waals surface area contributed by atoms with Crippen LogP contribution in [0.25, 0.3) is 0 Å². The summed E-state index contributed by atoms with van der Waals surface area (Å²) in [6, 6.07) is 6.85. The maximum Gasteiger partial charge on any atom is 0.243 e. The standard InChI is InChI=1S/C14H20ClN3O2/c1-3-8-18(14(20)9-16-2)10-13(19)17-12-6-4-11(15)5-7-12/h4-7,16H,3,8-10H2,1-2H3,(H,17,19). The summed E-state index contributed by atoms with van der Waals surface area (Å²) in [4.78, 5) is 25.3. The summed E-state index contributed by atoms with van der Waals surface area (Å²) in [6.07, 6.45) is 0.809. The third-order valence-corrected chi connectivity index (χ3v) is 2.89. The minimum Gasteiger partial charge on any atom is -0.332 e. The lowest BCUT2D eigenvalue weighted by atomic mass is 10.3. The Morgan fingerprint density at radius 1 is 1.25 bits per heavy atom. The average Bonchev–Trinajstić information content (AvgIpc) is 2.41. The summed E-state index contributed by atoms with van der Waals surface area (Å²) in [5.41, 5.74) is 0.664. The predicted molar refractivity (Wildman–Crippen MR) is 80.9 cm³/mol. The van der Waals surface area contributed by atoms with E-state index in [0.29, 0.717) is 17.3 Å². The van der Waals surface area contributed by atoms with Gasteiger partial charge in [-0.2, -0.15) is 0 Å². The number of carbonyl (C=O) groups excluding carboxylic acids is 2. The lowest BCUT2D eigenvalue weighted by molar-refractivity contribution is -0.133. The van der Waals surface area contributed by atoms with Gasteiger partial charge in [0.1, 0.15) is 0 Å². The Bertz CT molecular complexity index is 448. The first-order valence-electron chi connectivity index (χ1n) is 6.54. The van der Waals surface area contributed by atoms with Crippen LogP contribution >= 0.6 is 11.6 Å². The van der Waals surface area contributed by atoms with Crippen molar-refractivity contribution in [2.45, 2.75) is 13.3 Å². The van der Waals surface area contributed by atoms with E-state index in [0.717, 1.165) is 6.42 Å². The van der Waals surface area contributed by atoms with Crippen molar-refractivity contribution in [1.29, 1.82) is 0 Å². The van der Waals surface area contributed by atoms with Gasteiger partial charge in [0.05, 0.1) is 13.1 Å². The second kappa shape index (κ2) is 8.55. The fourth-order valence-corrected chi connectivity index (χ4v) is 1.86. The van der Waals surface area contributed by atoms with E-state index in [2.05, 4.69) is 10.6 Å². The maximum atomic E-state index is 11.9. The molecule has 0 aliphatic carbocycles. The van der Waals surface area contributed by atoms with Crippen LogP contribution in [0, 0.1) is 0 Å². The predicted octanol–water partition coefficient (Wildman–Crippen LogP) is 1.74. The van der Waals surface area contributed by atoms with Crippen LogP contribution in [-0.2, 0) is 9.59 Å². The molecule has 5 nitrogen and oxygen atoms in total. The topological polar surface area (TPSA) is 61.4 Å². The average molecular weight is 298 g/mol. The Hall–Kier alpha value is -1.59. The van der Waals surface area contributed by atoms with E-state index in [1.54, 1.807) is 36.2 Å². The number of likely N-dealkylation sites (N-methyl/N-ethyl adjacent to an activating group) is 1. The Balaban J connectivity index is 2.57. The zero-order chi connectivity index (χ0) is 15.0. The minimum absolute atomic E-state index is 0.0526. The first-order chi connectivity index (χ1) is 9.56. The van der Waals surface area contributed by atoms with E-state index in [-0.39, 0.29) is 24.9 Å². The smallest absolute Gasteiger partial charge is 0.243 e. The van der Waals surface area contributed by atoms with Crippen molar-refractivity contribution in [1.82, 2.24) is 10.2 Å². The van der Waals surface area contributed by atoms with E-state index < -0.39 is 0 Å². The number of hydrogen-bond donors (Lipinski definition) is 2. The molecule has 0 spiro atoms. The molecule has 0 heterocycles. The van der Waals surface area contributed by atoms with Crippen molar-refractivity contribution in [3.63, 3.8) is 0 Å². The van der Waals surface area contributed by atoms with Gasteiger partial charge in [0, 0.05) is 17.3 Å². The van der Waals surface area contributed by atoms with E-state index in [9.17, 15) is 9.59 Å². The number of benzene rings is 1. The molecule has 0 fully saturated rings. The number of hydrogen-bond acceptors (Lipinski definition) is 3. The van der Waals surface area contributed by atoms with Crippen LogP contribution in [0.2, 0.25) is 5.02 Å². The summed E-state index contributed by atoms with van der Waals surface area (Å²) < 4.78 is 0. The Morgan fingerprint density at radius 3 is 2.45 bits per heavy atom. The number of halogens is 1. The minimum atomic E-state index is -0.217. The number of carbonyl (C=O) groups is 2. The molecule has 1 aromatic carbocycles. The summed E-state index contributed by atoms with van der Waals surface area (Å²) in [7, 11) is 1.70. The van der Waals surface area contributed by atoms with E-state index >= 15 is 0 Å². The maximum absolute atomic E-state index is 11.9. The van der Waals surface area contributed by atoms with Gasteiger partial charge in [-0.1, -0.05) is 18.5 Å². The molecule has 0 saturated carbocycles. The molecule has 1 aromatic rings. The summed E-state index contributed by atoms with van der Waals surface area (Å²) in [5.74, 6) is -0.300. The number of nitrogens with zero attached hydrogens (tertiary/aromatic N) is 1. The third kappa shape index (κ3) is 5.59. The molecule has 6 heteroatoms. The zero-order valence-corrected chi connectivity index (χ0v) is 12.5. The van der Waals surface area contributed by atoms with Gasteiger partial charge in [-0.3, -0.25) is 9.59 Å². The molecular formula is C14H20ClN3O2. The first-order valence-corrected chi connectivity index (χ1v) is 6.92. The van der Waals surface area contributed by atoms with Gasteiger partial charge in [-0.15, -0.1) is 0 Å². The van der Waals surface area contributed by atoms with Gasteiger partial charge in [0.25, 0.3) is 0 Å². The fourth-order valence-electron chi connectivity index (χ4n) is 1.73. The lowest BCUT2D eigenvalue weighted by Gasteiger charge is -2.21. The van der Waals surface area contributed by atoms with E-state index in [4.69, 9.17) is 11.6 Å². The van der Waals surface area contributed by atoms with Crippen molar-refractivity contribution in [2.24, 2.45) is 0 Å². The molecule has 0 saturated heterocycles. The van der Waals surface area contributed by atoms with Crippen molar-refractivity contribution >= 4 is 29.1 Å². The zero-order valence-electron chi connectivity index (χ0n) is 11.8. The molecule has 110 valence electrons. The molecule has 1 rings (SSSR count). The number of anilines is 1. The van der Waals surface area contributed by atoms with Gasteiger partial charge in [-0.25, -0.2) is 0 Å². The molecule has 0 radical (unpaired) electrons. The van der Waals surface area contributed by atoms with Crippen LogP contribution in [0.15, 0.2) is 24.3 Å². The molecule has 0 aliphatic heterocycles. The number of rotatable bonds is 7. The molecule has 20 heavy (non-hydrogen) atoms.